The Balaban J connectivity index is 1.81. The second-order valence-corrected chi connectivity index (χ2v) is 9.59. The van der Waals surface area contributed by atoms with Crippen molar-refractivity contribution >= 4 is 29.0 Å². The summed E-state index contributed by atoms with van der Waals surface area (Å²) in [5.74, 6) is -0.0594. The summed E-state index contributed by atoms with van der Waals surface area (Å²) in [5.41, 5.74) is 4.13. The van der Waals surface area contributed by atoms with Gasteiger partial charge in [0.2, 0.25) is 5.91 Å². The van der Waals surface area contributed by atoms with Crippen LogP contribution >= 0.6 is 11.3 Å². The molecule has 0 saturated carbocycles. The zero-order valence-corrected chi connectivity index (χ0v) is 21.4. The summed E-state index contributed by atoms with van der Waals surface area (Å²) in [6, 6.07) is 19.6. The molecule has 3 rings (SSSR count). The van der Waals surface area contributed by atoms with Gasteiger partial charge in [-0.05, 0) is 60.9 Å². The third kappa shape index (κ3) is 6.70. The van der Waals surface area contributed by atoms with Crippen molar-refractivity contribution < 1.29 is 9.59 Å². The number of amides is 3. The normalized spacial score (nSPS) is 11.6. The quantitative estimate of drug-likeness (QED) is 0.363. The fourth-order valence-electron chi connectivity index (χ4n) is 3.81. The van der Waals surface area contributed by atoms with Gasteiger partial charge < -0.3 is 15.1 Å². The van der Waals surface area contributed by atoms with Crippen molar-refractivity contribution in [3.8, 4) is 0 Å². The van der Waals surface area contributed by atoms with Crippen LogP contribution in [0.2, 0.25) is 0 Å². The first-order chi connectivity index (χ1) is 16.4. The molecule has 0 fully saturated rings. The third-order valence-corrected chi connectivity index (χ3v) is 7.21. The first-order valence-corrected chi connectivity index (χ1v) is 12.8. The molecule has 1 aromatic heterocycles. The van der Waals surface area contributed by atoms with Gasteiger partial charge in [-0.2, -0.15) is 0 Å². The van der Waals surface area contributed by atoms with Crippen molar-refractivity contribution in [1.82, 2.24) is 9.80 Å². The lowest BCUT2D eigenvalue weighted by Gasteiger charge is -2.31. The van der Waals surface area contributed by atoms with E-state index in [0.717, 1.165) is 29.7 Å². The number of carbonyl (C=O) groups excluding carboxylic acids is 2. The summed E-state index contributed by atoms with van der Waals surface area (Å²) in [7, 11) is 0. The molecule has 0 aliphatic rings. The zero-order chi connectivity index (χ0) is 24.5. The fourth-order valence-corrected chi connectivity index (χ4v) is 4.73. The second kappa shape index (κ2) is 12.4. The van der Waals surface area contributed by atoms with E-state index in [2.05, 4.69) is 30.6 Å². The Morgan fingerprint density at radius 3 is 2.32 bits per heavy atom. The summed E-state index contributed by atoms with van der Waals surface area (Å²) in [6.07, 6.45) is 1.59. The number of anilines is 1. The maximum absolute atomic E-state index is 13.6. The van der Waals surface area contributed by atoms with Crippen molar-refractivity contribution in [3.63, 3.8) is 0 Å². The van der Waals surface area contributed by atoms with Crippen molar-refractivity contribution in [3.05, 3.63) is 87.6 Å². The zero-order valence-electron chi connectivity index (χ0n) is 20.6. The highest BCUT2D eigenvalue weighted by molar-refractivity contribution is 7.10. The molecule has 0 radical (unpaired) electrons. The first-order valence-electron chi connectivity index (χ1n) is 11.9. The third-order valence-electron chi connectivity index (χ3n) is 6.20. The molecule has 3 aromatic rings. The van der Waals surface area contributed by atoms with Crippen LogP contribution in [0.4, 0.5) is 10.5 Å². The van der Waals surface area contributed by atoms with Gasteiger partial charge in [0.15, 0.2) is 0 Å². The number of hydrogen-bond acceptors (Lipinski definition) is 3. The molecule has 6 heteroatoms. The monoisotopic (exact) mass is 477 g/mol. The number of hydrogen-bond donors (Lipinski definition) is 1. The van der Waals surface area contributed by atoms with Crippen LogP contribution in [0, 0.1) is 6.92 Å². The van der Waals surface area contributed by atoms with E-state index in [4.69, 9.17) is 0 Å². The lowest BCUT2D eigenvalue weighted by atomic mass is 10.1. The SMILES string of the molecule is CCc1ccccc1NC(=O)N(CC(=O)N(Cc1ccccc1)Cc1sccc1C)C(C)CC. The summed E-state index contributed by atoms with van der Waals surface area (Å²) < 4.78 is 0. The van der Waals surface area contributed by atoms with Gasteiger partial charge in [-0.25, -0.2) is 4.79 Å². The number of nitrogens with one attached hydrogen (secondary N) is 1. The molecule has 5 nitrogen and oxygen atoms in total. The molecule has 0 aliphatic heterocycles. The average molecular weight is 478 g/mol. The number of para-hydroxylation sites is 1. The van der Waals surface area contributed by atoms with E-state index in [1.54, 1.807) is 16.2 Å². The Bertz CT molecular complexity index is 1080. The van der Waals surface area contributed by atoms with Crippen LogP contribution in [0.3, 0.4) is 0 Å². The largest absolute Gasteiger partial charge is 0.332 e. The number of aryl methyl sites for hydroxylation is 2. The van der Waals surface area contributed by atoms with Crippen molar-refractivity contribution in [1.29, 1.82) is 0 Å². The van der Waals surface area contributed by atoms with E-state index >= 15 is 0 Å². The Hall–Kier alpha value is -3.12. The number of carbonyl (C=O) groups is 2. The molecule has 34 heavy (non-hydrogen) atoms. The van der Waals surface area contributed by atoms with Gasteiger partial charge in [0.25, 0.3) is 0 Å². The van der Waals surface area contributed by atoms with Gasteiger partial charge >= 0.3 is 6.03 Å². The van der Waals surface area contributed by atoms with E-state index in [-0.39, 0.29) is 24.5 Å². The minimum absolute atomic E-state index is 0.0341. The maximum Gasteiger partial charge on any atom is 0.322 e. The number of nitrogens with zero attached hydrogens (tertiary/aromatic N) is 2. The van der Waals surface area contributed by atoms with Crippen molar-refractivity contribution in [2.24, 2.45) is 0 Å². The van der Waals surface area contributed by atoms with Crippen LogP contribution in [0.25, 0.3) is 0 Å². The predicted octanol–water partition coefficient (Wildman–Crippen LogP) is 6.48. The predicted molar refractivity (Wildman–Crippen MR) is 141 cm³/mol. The van der Waals surface area contributed by atoms with E-state index in [1.165, 1.54) is 10.4 Å². The van der Waals surface area contributed by atoms with E-state index in [0.29, 0.717) is 13.1 Å². The number of urea groups is 1. The van der Waals surface area contributed by atoms with Crippen LogP contribution in [-0.2, 0) is 24.3 Å². The molecule has 1 atom stereocenters. The molecule has 0 bridgehead atoms. The smallest absolute Gasteiger partial charge is 0.322 e. The molecular formula is C28H35N3O2S. The number of rotatable bonds is 10. The van der Waals surface area contributed by atoms with E-state index in [9.17, 15) is 9.59 Å². The highest BCUT2D eigenvalue weighted by Crippen LogP contribution is 2.21. The van der Waals surface area contributed by atoms with Gasteiger partial charge in [0.1, 0.15) is 6.54 Å². The second-order valence-electron chi connectivity index (χ2n) is 8.59. The van der Waals surface area contributed by atoms with Crippen molar-refractivity contribution in [2.75, 3.05) is 11.9 Å². The summed E-state index contributed by atoms with van der Waals surface area (Å²) >= 11 is 1.66. The number of thiophene rings is 1. The molecule has 0 saturated heterocycles. The van der Waals surface area contributed by atoms with Gasteiger partial charge in [-0.15, -0.1) is 11.3 Å². The minimum Gasteiger partial charge on any atom is -0.332 e. The van der Waals surface area contributed by atoms with Gasteiger partial charge in [0, 0.05) is 23.2 Å². The van der Waals surface area contributed by atoms with E-state index < -0.39 is 0 Å². The van der Waals surface area contributed by atoms with Crippen LogP contribution in [0.1, 0.15) is 48.8 Å². The molecule has 1 unspecified atom stereocenters. The lowest BCUT2D eigenvalue weighted by molar-refractivity contribution is -0.133. The molecule has 0 aliphatic carbocycles. The molecule has 180 valence electrons. The Morgan fingerprint density at radius 1 is 0.971 bits per heavy atom. The Kier molecular flexibility index (Phi) is 9.28. The molecule has 1 heterocycles. The topological polar surface area (TPSA) is 52.7 Å². The maximum atomic E-state index is 13.6. The van der Waals surface area contributed by atoms with Gasteiger partial charge in [0.05, 0.1) is 6.54 Å². The summed E-state index contributed by atoms with van der Waals surface area (Å²) in [5, 5.41) is 5.10. The van der Waals surface area contributed by atoms with Crippen molar-refractivity contribution in [2.45, 2.75) is 59.7 Å². The Morgan fingerprint density at radius 2 is 1.68 bits per heavy atom. The van der Waals surface area contributed by atoms with Crippen LogP contribution < -0.4 is 5.32 Å². The van der Waals surface area contributed by atoms with Crippen LogP contribution in [0.5, 0.6) is 0 Å². The molecule has 2 aromatic carbocycles. The summed E-state index contributed by atoms with van der Waals surface area (Å²) in [6.45, 7) is 9.23. The van der Waals surface area contributed by atoms with Gasteiger partial charge in [-0.1, -0.05) is 62.4 Å². The fraction of sp³-hybridized carbons (Fsp3) is 0.357. The molecular weight excluding hydrogens is 442 g/mol. The lowest BCUT2D eigenvalue weighted by Crippen LogP contribution is -2.48. The standard InChI is InChI=1S/C28H35N3O2S/c1-5-22(4)31(28(33)29-25-15-11-10-14-24(25)6-2)20-27(32)30(18-23-12-8-7-9-13-23)19-26-21(3)16-17-34-26/h7-17,22H,5-6,18-20H2,1-4H3,(H,29,33). The number of benzene rings is 2. The average Bonchev–Trinajstić information content (AvgIpc) is 3.26. The van der Waals surface area contributed by atoms with Crippen LogP contribution in [0.15, 0.2) is 66.0 Å². The summed E-state index contributed by atoms with van der Waals surface area (Å²) in [4.78, 5) is 31.6. The minimum atomic E-state index is -0.240. The molecule has 0 spiro atoms. The van der Waals surface area contributed by atoms with E-state index in [1.807, 2.05) is 73.3 Å². The van der Waals surface area contributed by atoms with Gasteiger partial charge in [-0.3, -0.25) is 4.79 Å². The highest BCUT2D eigenvalue weighted by Gasteiger charge is 2.26. The highest BCUT2D eigenvalue weighted by atomic mass is 32.1. The molecule has 1 N–H and O–H groups in total. The Labute approximate surface area is 207 Å². The first kappa shape index (κ1) is 25.5. The van der Waals surface area contributed by atoms with Crippen LogP contribution in [-0.4, -0.2) is 34.3 Å². The molecule has 3 amide bonds.